The molecular weight excluding hydrogens is 379 g/mol. The van der Waals surface area contributed by atoms with E-state index in [4.69, 9.17) is 11.6 Å². The lowest BCUT2D eigenvalue weighted by molar-refractivity contribution is 0.0951. The van der Waals surface area contributed by atoms with E-state index in [-0.39, 0.29) is 23.7 Å². The van der Waals surface area contributed by atoms with E-state index >= 15 is 0 Å². The van der Waals surface area contributed by atoms with E-state index in [2.05, 4.69) is 5.32 Å². The number of nitrogens with zero attached hydrogens (tertiary/aromatic N) is 1. The Morgan fingerprint density at radius 2 is 1.81 bits per heavy atom. The standard InChI is InChI=1S/C18H20ClFN2O3S/c1-12-9-13(2)11-14(10-12)22(26(3,24)25)8-7-21-18(23)17-15(19)5-4-6-16(17)20/h4-6,9-11H,7-8H2,1-3H3,(H,21,23). The van der Waals surface area contributed by atoms with Crippen molar-refractivity contribution < 1.29 is 17.6 Å². The Bertz CT molecular complexity index is 892. The summed E-state index contributed by atoms with van der Waals surface area (Å²) in [6, 6.07) is 9.40. The highest BCUT2D eigenvalue weighted by molar-refractivity contribution is 7.92. The molecule has 5 nitrogen and oxygen atoms in total. The molecule has 0 aliphatic rings. The molecule has 0 atom stereocenters. The maximum atomic E-state index is 13.8. The van der Waals surface area contributed by atoms with Gasteiger partial charge in [0.25, 0.3) is 5.91 Å². The van der Waals surface area contributed by atoms with E-state index in [1.165, 1.54) is 16.4 Å². The first kappa shape index (κ1) is 20.2. The minimum absolute atomic E-state index is 0.00298. The van der Waals surface area contributed by atoms with E-state index in [1.807, 2.05) is 19.9 Å². The largest absolute Gasteiger partial charge is 0.350 e. The number of rotatable bonds is 6. The van der Waals surface area contributed by atoms with E-state index < -0.39 is 21.7 Å². The molecule has 0 bridgehead atoms. The molecule has 26 heavy (non-hydrogen) atoms. The van der Waals surface area contributed by atoms with Gasteiger partial charge in [0.05, 0.1) is 29.1 Å². The Hall–Kier alpha value is -2.12. The average Bonchev–Trinajstić information content (AvgIpc) is 2.49. The number of hydrogen-bond acceptors (Lipinski definition) is 3. The fraction of sp³-hybridized carbons (Fsp3) is 0.278. The van der Waals surface area contributed by atoms with Crippen LogP contribution < -0.4 is 9.62 Å². The van der Waals surface area contributed by atoms with Crippen molar-refractivity contribution in [2.45, 2.75) is 13.8 Å². The highest BCUT2D eigenvalue weighted by Crippen LogP contribution is 2.21. The lowest BCUT2D eigenvalue weighted by Crippen LogP contribution is -2.38. The normalized spacial score (nSPS) is 11.3. The minimum Gasteiger partial charge on any atom is -0.350 e. The van der Waals surface area contributed by atoms with Gasteiger partial charge in [-0.2, -0.15) is 0 Å². The molecular formula is C18H20ClFN2O3S. The topological polar surface area (TPSA) is 66.5 Å². The van der Waals surface area contributed by atoms with Crippen LogP contribution in [-0.4, -0.2) is 33.7 Å². The van der Waals surface area contributed by atoms with Crippen molar-refractivity contribution in [2.75, 3.05) is 23.7 Å². The summed E-state index contributed by atoms with van der Waals surface area (Å²) in [5.41, 5.74) is 2.11. The van der Waals surface area contributed by atoms with Gasteiger partial charge in [0.1, 0.15) is 5.82 Å². The third-order valence-electron chi connectivity index (χ3n) is 3.69. The van der Waals surface area contributed by atoms with E-state index in [1.54, 1.807) is 12.1 Å². The highest BCUT2D eigenvalue weighted by Gasteiger charge is 2.20. The maximum Gasteiger partial charge on any atom is 0.255 e. The van der Waals surface area contributed by atoms with Crippen LogP contribution in [0.5, 0.6) is 0 Å². The van der Waals surface area contributed by atoms with Crippen LogP contribution in [0.15, 0.2) is 36.4 Å². The quantitative estimate of drug-likeness (QED) is 0.811. The van der Waals surface area contributed by atoms with Gasteiger partial charge in [-0.05, 0) is 49.2 Å². The van der Waals surface area contributed by atoms with Crippen LogP contribution in [0, 0.1) is 19.7 Å². The van der Waals surface area contributed by atoms with Gasteiger partial charge < -0.3 is 5.32 Å². The van der Waals surface area contributed by atoms with Crippen LogP contribution in [0.2, 0.25) is 5.02 Å². The summed E-state index contributed by atoms with van der Waals surface area (Å²) < 4.78 is 39.3. The van der Waals surface area contributed by atoms with Gasteiger partial charge in [-0.25, -0.2) is 12.8 Å². The van der Waals surface area contributed by atoms with Crippen LogP contribution in [-0.2, 0) is 10.0 Å². The second-order valence-electron chi connectivity index (χ2n) is 6.03. The Morgan fingerprint density at radius 3 is 2.35 bits per heavy atom. The summed E-state index contributed by atoms with van der Waals surface area (Å²) in [5.74, 6) is -1.42. The molecule has 1 N–H and O–H groups in total. The summed E-state index contributed by atoms with van der Waals surface area (Å²) in [7, 11) is -3.55. The fourth-order valence-electron chi connectivity index (χ4n) is 2.66. The molecule has 0 radical (unpaired) electrons. The molecule has 0 spiro atoms. The van der Waals surface area contributed by atoms with Gasteiger partial charge in [-0.15, -0.1) is 0 Å². The average molecular weight is 399 g/mol. The Morgan fingerprint density at radius 1 is 1.19 bits per heavy atom. The van der Waals surface area contributed by atoms with Crippen molar-refractivity contribution in [2.24, 2.45) is 0 Å². The molecule has 2 aromatic carbocycles. The molecule has 140 valence electrons. The smallest absolute Gasteiger partial charge is 0.255 e. The Labute approximate surface area is 157 Å². The van der Waals surface area contributed by atoms with Gasteiger partial charge >= 0.3 is 0 Å². The molecule has 0 saturated carbocycles. The van der Waals surface area contributed by atoms with Crippen LogP contribution in [0.1, 0.15) is 21.5 Å². The summed E-state index contributed by atoms with van der Waals surface area (Å²) in [6.07, 6.45) is 1.10. The van der Waals surface area contributed by atoms with Gasteiger partial charge in [0, 0.05) is 6.54 Å². The van der Waals surface area contributed by atoms with Crippen molar-refractivity contribution in [3.8, 4) is 0 Å². The molecule has 0 heterocycles. The zero-order chi connectivity index (χ0) is 19.5. The zero-order valence-electron chi connectivity index (χ0n) is 14.7. The van der Waals surface area contributed by atoms with Crippen LogP contribution in [0.3, 0.4) is 0 Å². The van der Waals surface area contributed by atoms with Crippen LogP contribution >= 0.6 is 11.6 Å². The highest BCUT2D eigenvalue weighted by atomic mass is 35.5. The number of sulfonamides is 1. The number of aryl methyl sites for hydroxylation is 2. The molecule has 2 aromatic rings. The SMILES string of the molecule is Cc1cc(C)cc(N(CCNC(=O)c2c(F)cccc2Cl)S(C)(=O)=O)c1. The fourth-order valence-corrected chi connectivity index (χ4v) is 3.82. The molecule has 0 aliphatic heterocycles. The maximum absolute atomic E-state index is 13.8. The molecule has 2 rings (SSSR count). The molecule has 8 heteroatoms. The lowest BCUT2D eigenvalue weighted by atomic mass is 10.1. The second kappa shape index (κ2) is 8.05. The number of halogens is 2. The van der Waals surface area contributed by atoms with Crippen molar-refractivity contribution >= 4 is 33.2 Å². The van der Waals surface area contributed by atoms with Crippen molar-refractivity contribution in [3.05, 3.63) is 63.9 Å². The predicted molar refractivity (Wildman–Crippen MR) is 102 cm³/mol. The first-order valence-electron chi connectivity index (χ1n) is 7.88. The molecule has 1 amide bonds. The van der Waals surface area contributed by atoms with E-state index in [0.717, 1.165) is 23.4 Å². The first-order chi connectivity index (χ1) is 12.1. The van der Waals surface area contributed by atoms with Crippen LogP contribution in [0.25, 0.3) is 0 Å². The van der Waals surface area contributed by atoms with Gasteiger partial charge in [-0.3, -0.25) is 9.10 Å². The molecule has 0 aliphatic carbocycles. The predicted octanol–water partition coefficient (Wildman–Crippen LogP) is 3.29. The minimum atomic E-state index is -3.55. The van der Waals surface area contributed by atoms with E-state index in [0.29, 0.717) is 5.69 Å². The number of amides is 1. The monoisotopic (exact) mass is 398 g/mol. The number of nitrogens with one attached hydrogen (secondary N) is 1. The number of carbonyl (C=O) groups is 1. The summed E-state index contributed by atoms with van der Waals surface area (Å²) in [5, 5.41) is 2.51. The summed E-state index contributed by atoms with van der Waals surface area (Å²) >= 11 is 5.86. The lowest BCUT2D eigenvalue weighted by Gasteiger charge is -2.23. The van der Waals surface area contributed by atoms with Gasteiger partial charge in [0.15, 0.2) is 0 Å². The number of benzene rings is 2. The van der Waals surface area contributed by atoms with Crippen LogP contribution in [0.4, 0.5) is 10.1 Å². The summed E-state index contributed by atoms with van der Waals surface area (Å²) in [6.45, 7) is 3.76. The molecule has 0 saturated heterocycles. The molecule has 0 fully saturated rings. The van der Waals surface area contributed by atoms with Crippen molar-refractivity contribution in [1.82, 2.24) is 5.32 Å². The Balaban J connectivity index is 2.15. The van der Waals surface area contributed by atoms with Crippen molar-refractivity contribution in [3.63, 3.8) is 0 Å². The van der Waals surface area contributed by atoms with E-state index in [9.17, 15) is 17.6 Å². The number of carbonyl (C=O) groups excluding carboxylic acids is 1. The third kappa shape index (κ3) is 4.95. The number of anilines is 1. The number of hydrogen-bond donors (Lipinski definition) is 1. The molecule has 0 aromatic heterocycles. The third-order valence-corrected chi connectivity index (χ3v) is 5.19. The van der Waals surface area contributed by atoms with Gasteiger partial charge in [0.2, 0.25) is 10.0 Å². The zero-order valence-corrected chi connectivity index (χ0v) is 16.3. The first-order valence-corrected chi connectivity index (χ1v) is 10.1. The molecule has 0 unspecified atom stereocenters. The van der Waals surface area contributed by atoms with Gasteiger partial charge in [-0.1, -0.05) is 23.7 Å². The van der Waals surface area contributed by atoms with Crippen molar-refractivity contribution in [1.29, 1.82) is 0 Å². The Kier molecular flexibility index (Phi) is 6.26. The summed E-state index contributed by atoms with van der Waals surface area (Å²) in [4.78, 5) is 12.2. The second-order valence-corrected chi connectivity index (χ2v) is 8.35.